The Bertz CT molecular complexity index is 1680. The van der Waals surface area contributed by atoms with Crippen molar-refractivity contribution < 1.29 is 14.3 Å². The van der Waals surface area contributed by atoms with Gasteiger partial charge in [-0.3, -0.25) is 24.1 Å². The van der Waals surface area contributed by atoms with Crippen LogP contribution in [0.3, 0.4) is 0 Å². The second-order valence-electron chi connectivity index (χ2n) is 11.5. The third kappa shape index (κ3) is 5.48. The zero-order chi connectivity index (χ0) is 30.2. The number of aliphatic hydroxyl groups is 1. The van der Waals surface area contributed by atoms with Crippen LogP contribution in [0.4, 0.5) is 21.7 Å². The fourth-order valence-corrected chi connectivity index (χ4v) is 6.14. The number of aromatic nitrogens is 4. The van der Waals surface area contributed by atoms with Gasteiger partial charge in [-0.1, -0.05) is 13.0 Å². The minimum Gasteiger partial charge on any atom is -0.392 e. The first-order chi connectivity index (χ1) is 20.7. The molecule has 3 aliphatic rings. The number of anilines is 3. The number of halogens is 1. The number of nitrogens with zero attached hydrogens (tertiary/aromatic N) is 7. The van der Waals surface area contributed by atoms with Crippen molar-refractivity contribution in [2.45, 2.75) is 45.4 Å². The first-order valence-electron chi connectivity index (χ1n) is 14.7. The summed E-state index contributed by atoms with van der Waals surface area (Å²) in [7, 11) is 3.72. The van der Waals surface area contributed by atoms with Crippen LogP contribution in [0.25, 0.3) is 11.1 Å². The molecular weight excluding hydrogens is 551 g/mol. The summed E-state index contributed by atoms with van der Waals surface area (Å²) < 4.78 is 19.0. The highest BCUT2D eigenvalue weighted by Crippen LogP contribution is 2.35. The molecule has 0 aromatic carbocycles. The molecule has 0 unspecified atom stereocenters. The number of fused-ring (bicyclic) bond motifs is 2. The smallest absolute Gasteiger partial charge is 0.278 e. The fourth-order valence-electron chi connectivity index (χ4n) is 6.14. The van der Waals surface area contributed by atoms with E-state index in [1.807, 2.05) is 15.6 Å². The summed E-state index contributed by atoms with van der Waals surface area (Å²) in [4.78, 5) is 36.9. The molecule has 1 fully saturated rings. The van der Waals surface area contributed by atoms with Gasteiger partial charge in [-0.05, 0) is 49.6 Å². The summed E-state index contributed by atoms with van der Waals surface area (Å²) in [6.45, 7) is 7.27. The van der Waals surface area contributed by atoms with Crippen LogP contribution in [0.15, 0.2) is 59.1 Å². The lowest BCUT2D eigenvalue weighted by Gasteiger charge is -2.37. The van der Waals surface area contributed by atoms with Gasteiger partial charge >= 0.3 is 0 Å². The van der Waals surface area contributed by atoms with Crippen molar-refractivity contribution in [3.63, 3.8) is 0 Å². The van der Waals surface area contributed by atoms with E-state index in [4.69, 9.17) is 0 Å². The summed E-state index contributed by atoms with van der Waals surface area (Å²) in [5.74, 6) is -0.222. The lowest BCUT2D eigenvalue weighted by atomic mass is 10.0. The average Bonchev–Trinajstić information content (AvgIpc) is 3.41. The number of aryl methyl sites for hydroxylation is 1. The molecule has 43 heavy (non-hydrogen) atoms. The van der Waals surface area contributed by atoms with Crippen molar-refractivity contribution in [2.24, 2.45) is 7.05 Å². The molecule has 2 N–H and O–H groups in total. The van der Waals surface area contributed by atoms with E-state index in [0.29, 0.717) is 59.8 Å². The Morgan fingerprint density at radius 1 is 1.07 bits per heavy atom. The van der Waals surface area contributed by atoms with Crippen LogP contribution in [0.5, 0.6) is 0 Å². The van der Waals surface area contributed by atoms with Crippen molar-refractivity contribution in [1.29, 1.82) is 0 Å². The Labute approximate surface area is 249 Å². The molecule has 12 heteroatoms. The Kier molecular flexibility index (Phi) is 7.89. The van der Waals surface area contributed by atoms with Gasteiger partial charge in [0.25, 0.3) is 11.5 Å². The Morgan fingerprint density at radius 3 is 2.72 bits per heavy atom. The molecule has 0 radical (unpaired) electrons. The molecule has 6 rings (SSSR count). The highest BCUT2D eigenvalue weighted by atomic mass is 19.1. The molecule has 0 aliphatic carbocycles. The topological polar surface area (TPSA) is 112 Å². The van der Waals surface area contributed by atoms with Crippen LogP contribution in [0.2, 0.25) is 0 Å². The number of pyridine rings is 2. The van der Waals surface area contributed by atoms with Crippen LogP contribution in [-0.4, -0.2) is 73.4 Å². The summed E-state index contributed by atoms with van der Waals surface area (Å²) in [6, 6.07) is 5.40. The summed E-state index contributed by atoms with van der Waals surface area (Å²) in [5, 5.41) is 18.4. The SMILES string of the molecule is C=C1CCCCCN2CCN(c3nccc(-c4cc(Nc5cc6n(n5)CCN(C)C6)c(=O)n(C)c4)c3CO)C(=O)/C2=C/1F. The predicted molar refractivity (Wildman–Crippen MR) is 162 cm³/mol. The molecule has 0 atom stereocenters. The first kappa shape index (κ1) is 28.8. The monoisotopic (exact) mass is 588 g/mol. The van der Waals surface area contributed by atoms with Gasteiger partial charge in [0.15, 0.2) is 11.6 Å². The van der Waals surface area contributed by atoms with Gasteiger partial charge in [-0.15, -0.1) is 0 Å². The van der Waals surface area contributed by atoms with Crippen molar-refractivity contribution in [2.75, 3.05) is 43.4 Å². The molecule has 11 nitrogen and oxygen atoms in total. The van der Waals surface area contributed by atoms with E-state index in [9.17, 15) is 14.7 Å². The van der Waals surface area contributed by atoms with Gasteiger partial charge < -0.3 is 19.9 Å². The van der Waals surface area contributed by atoms with E-state index >= 15 is 4.39 Å². The third-order valence-corrected chi connectivity index (χ3v) is 8.48. The van der Waals surface area contributed by atoms with Gasteiger partial charge in [-0.25, -0.2) is 9.37 Å². The summed E-state index contributed by atoms with van der Waals surface area (Å²) in [6.07, 6.45) is 6.41. The third-order valence-electron chi connectivity index (χ3n) is 8.48. The minimum atomic E-state index is -0.570. The van der Waals surface area contributed by atoms with Crippen molar-refractivity contribution in [3.8, 4) is 11.1 Å². The van der Waals surface area contributed by atoms with Crippen LogP contribution in [0, 0.1) is 0 Å². The minimum absolute atomic E-state index is 0.0109. The van der Waals surface area contributed by atoms with E-state index in [0.717, 1.165) is 44.6 Å². The standard InChI is InChI=1S/C31H37FN8O3/c1-20-7-5-4-6-10-38-12-13-39(31(43)28(38)27(20)32)29-24(19-41)23(8-9-33-29)21-15-25(30(42)37(3)17-21)34-26-16-22-18-36(2)11-14-40(22)35-26/h8-9,15-17,41H,1,4-7,10-14,18-19H2,2-3H3,(H,34,35)/b28-27+. The Balaban J connectivity index is 1.36. The van der Waals surface area contributed by atoms with E-state index < -0.39 is 18.3 Å². The Morgan fingerprint density at radius 2 is 1.91 bits per heavy atom. The molecule has 1 amide bonds. The fraction of sp³-hybridized carbons (Fsp3) is 0.419. The number of amides is 1. The number of allylic oxidation sites excluding steroid dienone is 2. The zero-order valence-electron chi connectivity index (χ0n) is 24.6. The van der Waals surface area contributed by atoms with Crippen molar-refractivity contribution in [1.82, 2.24) is 29.1 Å². The Hall–Kier alpha value is -4.29. The van der Waals surface area contributed by atoms with Crippen LogP contribution < -0.4 is 15.8 Å². The molecule has 226 valence electrons. The van der Waals surface area contributed by atoms with Crippen molar-refractivity contribution >= 4 is 23.2 Å². The molecule has 0 bridgehead atoms. The predicted octanol–water partition coefficient (Wildman–Crippen LogP) is 3.29. The molecule has 0 saturated carbocycles. The average molecular weight is 589 g/mol. The molecule has 6 heterocycles. The first-order valence-corrected chi connectivity index (χ1v) is 14.7. The molecule has 0 spiro atoms. The molecule has 3 aromatic rings. The zero-order valence-corrected chi connectivity index (χ0v) is 24.6. The van der Waals surface area contributed by atoms with E-state index in [2.05, 4.69) is 33.9 Å². The maximum atomic E-state index is 15.6. The molecule has 3 aliphatic heterocycles. The number of carbonyl (C=O) groups is 1. The van der Waals surface area contributed by atoms with E-state index in [1.165, 1.54) is 9.47 Å². The highest BCUT2D eigenvalue weighted by molar-refractivity contribution is 6.07. The second kappa shape index (κ2) is 11.8. The maximum absolute atomic E-state index is 15.6. The van der Waals surface area contributed by atoms with Gasteiger partial charge in [0.05, 0.1) is 18.8 Å². The van der Waals surface area contributed by atoms with Crippen molar-refractivity contribution in [3.05, 3.63) is 75.9 Å². The number of hydrogen-bond donors (Lipinski definition) is 2. The van der Waals surface area contributed by atoms with Crippen LogP contribution >= 0.6 is 0 Å². The lowest BCUT2D eigenvalue weighted by molar-refractivity contribution is -0.118. The largest absolute Gasteiger partial charge is 0.392 e. The summed E-state index contributed by atoms with van der Waals surface area (Å²) >= 11 is 0. The molecule has 3 aromatic heterocycles. The number of likely N-dealkylation sites (N-methyl/N-ethyl adjacent to an activating group) is 1. The number of aliphatic hydroxyl groups excluding tert-OH is 1. The number of hydrogen-bond acceptors (Lipinski definition) is 8. The van der Waals surface area contributed by atoms with Gasteiger partial charge in [0.2, 0.25) is 0 Å². The van der Waals surface area contributed by atoms with Crippen LogP contribution in [-0.2, 0) is 31.5 Å². The quantitative estimate of drug-likeness (QED) is 0.467. The maximum Gasteiger partial charge on any atom is 0.278 e. The van der Waals surface area contributed by atoms with E-state index in [1.54, 1.807) is 31.6 Å². The molecular formula is C31H37FN8O3. The van der Waals surface area contributed by atoms with Gasteiger partial charge in [-0.2, -0.15) is 5.10 Å². The number of nitrogens with one attached hydrogen (secondary N) is 1. The number of rotatable bonds is 5. The number of piperazine rings is 1. The summed E-state index contributed by atoms with van der Waals surface area (Å²) in [5.41, 5.74) is 3.16. The van der Waals surface area contributed by atoms with Gasteiger partial charge in [0, 0.05) is 69.4 Å². The molecule has 1 saturated heterocycles. The van der Waals surface area contributed by atoms with Crippen LogP contribution in [0.1, 0.15) is 36.9 Å². The second-order valence-corrected chi connectivity index (χ2v) is 11.5. The number of carbonyl (C=O) groups excluding carboxylic acids is 1. The normalized spacial score (nSPS) is 19.9. The van der Waals surface area contributed by atoms with Gasteiger partial charge in [0.1, 0.15) is 17.2 Å². The van der Waals surface area contributed by atoms with E-state index in [-0.39, 0.29) is 17.1 Å². The lowest BCUT2D eigenvalue weighted by Crippen LogP contribution is -2.50. The highest BCUT2D eigenvalue weighted by Gasteiger charge is 2.36.